The maximum absolute atomic E-state index is 12.8. The van der Waals surface area contributed by atoms with Crippen molar-refractivity contribution in [2.24, 2.45) is 0 Å². The van der Waals surface area contributed by atoms with Crippen LogP contribution in [0, 0.1) is 11.3 Å². The average molecular weight is 485 g/mol. The number of hydrogen-bond donors (Lipinski definition) is 2. The first-order chi connectivity index (χ1) is 16.4. The first kappa shape index (κ1) is 25.0. The number of hydrogen-bond acceptors (Lipinski definition) is 8. The minimum absolute atomic E-state index is 0.127. The van der Waals surface area contributed by atoms with Gasteiger partial charge in [0.1, 0.15) is 15.3 Å². The number of urea groups is 1. The number of carbonyl (C=O) groups excluding carboxylic acids is 2. The SMILES string of the molecule is CCOC(=O)/C(C#N)=c1\s/c(=C/Nc2ccc(NC(=O)N3CCN(C)CC3)cc2)c(=O)n1CC. The van der Waals surface area contributed by atoms with Gasteiger partial charge in [0.25, 0.3) is 5.56 Å². The second-order valence-electron chi connectivity index (χ2n) is 7.61. The minimum Gasteiger partial charge on any atom is -0.462 e. The van der Waals surface area contributed by atoms with E-state index in [1.165, 1.54) is 4.57 Å². The lowest BCUT2D eigenvalue weighted by Gasteiger charge is -2.32. The standard InChI is InChI=1S/C23H28N6O4S/c1-4-29-20(30)19(34-21(29)18(14-24)22(31)33-5-2)15-25-16-6-8-17(9-7-16)26-23(32)28-12-10-27(3)11-13-28/h6-9,15,25H,4-5,10-13H2,1-3H3,(H,26,32)/b19-15+,21-18-. The third-order valence-electron chi connectivity index (χ3n) is 5.33. The first-order valence-electron chi connectivity index (χ1n) is 11.0. The average Bonchev–Trinajstić information content (AvgIpc) is 3.14. The van der Waals surface area contributed by atoms with Gasteiger partial charge < -0.3 is 25.2 Å². The molecule has 2 heterocycles. The number of anilines is 2. The van der Waals surface area contributed by atoms with Gasteiger partial charge >= 0.3 is 12.0 Å². The van der Waals surface area contributed by atoms with Gasteiger partial charge in [-0.05, 0) is 45.2 Å². The highest BCUT2D eigenvalue weighted by Gasteiger charge is 2.19. The molecular weight excluding hydrogens is 456 g/mol. The molecule has 11 heteroatoms. The number of nitriles is 1. The van der Waals surface area contributed by atoms with Crippen LogP contribution in [0.1, 0.15) is 13.8 Å². The van der Waals surface area contributed by atoms with Crippen LogP contribution in [0.25, 0.3) is 11.8 Å². The molecule has 0 atom stereocenters. The van der Waals surface area contributed by atoms with Crippen LogP contribution < -0.4 is 25.4 Å². The molecule has 2 aromatic rings. The molecule has 0 bridgehead atoms. The lowest BCUT2D eigenvalue weighted by atomic mass is 10.3. The van der Waals surface area contributed by atoms with Gasteiger partial charge in [0.2, 0.25) is 0 Å². The second-order valence-corrected chi connectivity index (χ2v) is 8.65. The quantitative estimate of drug-likeness (QED) is 0.582. The van der Waals surface area contributed by atoms with E-state index in [4.69, 9.17) is 4.74 Å². The van der Waals surface area contributed by atoms with E-state index in [0.29, 0.717) is 35.5 Å². The van der Waals surface area contributed by atoms with Crippen molar-refractivity contribution < 1.29 is 14.3 Å². The molecule has 0 radical (unpaired) electrons. The van der Waals surface area contributed by atoms with E-state index in [-0.39, 0.29) is 28.4 Å². The predicted octanol–water partition coefficient (Wildman–Crippen LogP) is 0.796. The number of ether oxygens (including phenoxy) is 1. The number of likely N-dealkylation sites (N-methyl/N-ethyl adjacent to an activating group) is 1. The van der Waals surface area contributed by atoms with Crippen LogP contribution in [0.5, 0.6) is 0 Å². The van der Waals surface area contributed by atoms with Crippen molar-refractivity contribution in [3.05, 3.63) is 43.8 Å². The van der Waals surface area contributed by atoms with Crippen molar-refractivity contribution in [3.8, 4) is 6.07 Å². The smallest absolute Gasteiger partial charge is 0.351 e. The molecule has 1 aromatic heterocycles. The topological polar surface area (TPSA) is 120 Å². The van der Waals surface area contributed by atoms with E-state index >= 15 is 0 Å². The van der Waals surface area contributed by atoms with Crippen LogP contribution in [-0.4, -0.2) is 66.2 Å². The summed E-state index contributed by atoms with van der Waals surface area (Å²) in [4.78, 5) is 41.3. The number of carbonyl (C=O) groups is 2. The molecule has 10 nitrogen and oxygen atoms in total. The van der Waals surface area contributed by atoms with Gasteiger partial charge in [0.05, 0.1) is 6.61 Å². The lowest BCUT2D eigenvalue weighted by molar-refractivity contribution is -0.136. The van der Waals surface area contributed by atoms with Crippen molar-refractivity contribution in [2.45, 2.75) is 20.4 Å². The summed E-state index contributed by atoms with van der Waals surface area (Å²) in [5, 5.41) is 15.4. The van der Waals surface area contributed by atoms with Crippen molar-refractivity contribution in [1.29, 1.82) is 5.26 Å². The lowest BCUT2D eigenvalue weighted by Crippen LogP contribution is -2.48. The molecule has 2 N–H and O–H groups in total. The summed E-state index contributed by atoms with van der Waals surface area (Å²) < 4.78 is 6.94. The normalized spacial score (nSPS) is 15.5. The highest BCUT2D eigenvalue weighted by Crippen LogP contribution is 2.14. The van der Waals surface area contributed by atoms with Gasteiger partial charge in [0.15, 0.2) is 5.57 Å². The van der Waals surface area contributed by atoms with E-state index in [1.807, 2.05) is 13.1 Å². The molecule has 1 saturated heterocycles. The fraction of sp³-hybridized carbons (Fsp3) is 0.391. The van der Waals surface area contributed by atoms with Gasteiger partial charge in [-0.1, -0.05) is 0 Å². The van der Waals surface area contributed by atoms with Crippen LogP contribution in [0.4, 0.5) is 16.2 Å². The largest absolute Gasteiger partial charge is 0.462 e. The Morgan fingerprint density at radius 1 is 1.15 bits per heavy atom. The van der Waals surface area contributed by atoms with E-state index in [2.05, 4.69) is 15.5 Å². The molecule has 0 saturated carbocycles. The predicted molar refractivity (Wildman–Crippen MR) is 132 cm³/mol. The minimum atomic E-state index is -0.748. The van der Waals surface area contributed by atoms with E-state index < -0.39 is 5.97 Å². The van der Waals surface area contributed by atoms with E-state index in [0.717, 1.165) is 24.4 Å². The molecule has 34 heavy (non-hydrogen) atoms. The number of nitrogens with zero attached hydrogens (tertiary/aromatic N) is 4. The molecular formula is C23H28N6O4S. The summed E-state index contributed by atoms with van der Waals surface area (Å²) in [5.74, 6) is -0.748. The van der Waals surface area contributed by atoms with E-state index in [9.17, 15) is 19.6 Å². The summed E-state index contributed by atoms with van der Waals surface area (Å²) >= 11 is 1.05. The zero-order valence-electron chi connectivity index (χ0n) is 19.5. The Balaban J connectivity index is 1.76. The highest BCUT2D eigenvalue weighted by atomic mass is 32.1. The van der Waals surface area contributed by atoms with Gasteiger partial charge in [-0.15, -0.1) is 11.3 Å². The molecule has 180 valence electrons. The number of thiazole rings is 1. The molecule has 3 rings (SSSR count). The van der Waals surface area contributed by atoms with Crippen LogP contribution >= 0.6 is 11.3 Å². The molecule has 1 aliphatic heterocycles. The molecule has 1 aliphatic rings. The van der Waals surface area contributed by atoms with Crippen LogP contribution in [-0.2, 0) is 16.1 Å². The van der Waals surface area contributed by atoms with Crippen molar-refractivity contribution in [3.63, 3.8) is 0 Å². The fourth-order valence-corrected chi connectivity index (χ4v) is 4.46. The Hall–Kier alpha value is -3.62. The van der Waals surface area contributed by atoms with Gasteiger partial charge in [0, 0.05) is 50.3 Å². The Labute approximate surface area is 201 Å². The number of rotatable bonds is 6. The summed E-state index contributed by atoms with van der Waals surface area (Å²) in [6.45, 7) is 6.95. The summed E-state index contributed by atoms with van der Waals surface area (Å²) in [6, 6.07) is 8.85. The third kappa shape index (κ3) is 5.84. The molecule has 1 fully saturated rings. The maximum Gasteiger partial charge on any atom is 0.351 e. The monoisotopic (exact) mass is 484 g/mol. The Morgan fingerprint density at radius 2 is 1.79 bits per heavy atom. The highest BCUT2D eigenvalue weighted by molar-refractivity contribution is 7.07. The number of aromatic nitrogens is 1. The molecule has 0 aliphatic carbocycles. The van der Waals surface area contributed by atoms with Crippen molar-refractivity contribution in [1.82, 2.24) is 14.4 Å². The fourth-order valence-electron chi connectivity index (χ4n) is 3.39. The number of esters is 1. The third-order valence-corrected chi connectivity index (χ3v) is 6.46. The van der Waals surface area contributed by atoms with Gasteiger partial charge in [-0.2, -0.15) is 5.26 Å². The Kier molecular flexibility index (Phi) is 8.45. The number of amides is 2. The van der Waals surface area contributed by atoms with Gasteiger partial charge in [-0.3, -0.25) is 9.36 Å². The van der Waals surface area contributed by atoms with Crippen molar-refractivity contribution in [2.75, 3.05) is 50.5 Å². The zero-order valence-corrected chi connectivity index (χ0v) is 20.3. The molecule has 1 aromatic carbocycles. The molecule has 0 spiro atoms. The number of benzene rings is 1. The van der Waals surface area contributed by atoms with Crippen molar-refractivity contribution >= 4 is 46.5 Å². The van der Waals surface area contributed by atoms with E-state index in [1.54, 1.807) is 49.2 Å². The number of piperazine rings is 1. The maximum atomic E-state index is 12.8. The summed E-state index contributed by atoms with van der Waals surface area (Å²) in [5.41, 5.74) is 0.891. The molecule has 0 unspecified atom stereocenters. The zero-order chi connectivity index (χ0) is 24.7. The van der Waals surface area contributed by atoms with Crippen LogP contribution in [0.2, 0.25) is 0 Å². The summed E-state index contributed by atoms with van der Waals surface area (Å²) in [7, 11) is 2.04. The number of nitrogens with one attached hydrogen (secondary N) is 2. The van der Waals surface area contributed by atoms with Crippen LogP contribution in [0.3, 0.4) is 0 Å². The second kappa shape index (κ2) is 11.5. The summed E-state index contributed by atoms with van der Waals surface area (Å²) in [6.07, 6.45) is 1.54. The Morgan fingerprint density at radius 3 is 2.38 bits per heavy atom. The Bertz CT molecular complexity index is 1250. The van der Waals surface area contributed by atoms with Crippen LogP contribution in [0.15, 0.2) is 29.1 Å². The first-order valence-corrected chi connectivity index (χ1v) is 11.8. The van der Waals surface area contributed by atoms with Gasteiger partial charge in [-0.25, -0.2) is 9.59 Å². The molecule has 2 amide bonds.